The number of hydrogen-bond donors (Lipinski definition) is 0. The van der Waals surface area contributed by atoms with E-state index < -0.39 is 0 Å². The van der Waals surface area contributed by atoms with Crippen LogP contribution in [0.3, 0.4) is 0 Å². The predicted molar refractivity (Wildman–Crippen MR) is 87.0 cm³/mol. The number of hydroxylamine groups is 2. The zero-order valence-corrected chi connectivity index (χ0v) is 14.1. The second kappa shape index (κ2) is 7.21. The minimum atomic E-state index is -0.276. The third-order valence-electron chi connectivity index (χ3n) is 5.26. The van der Waals surface area contributed by atoms with Crippen LogP contribution in [0.15, 0.2) is 12.3 Å². The molecule has 4 rings (SSSR count). The van der Waals surface area contributed by atoms with Crippen molar-refractivity contribution < 1.29 is 14.4 Å². The highest BCUT2D eigenvalue weighted by atomic mass is 16.7. The molecular weight excluding hydrogens is 308 g/mol. The normalized spacial score (nSPS) is 26.3. The summed E-state index contributed by atoms with van der Waals surface area (Å²) in [5.41, 5.74) is 1.11. The molecule has 0 N–H and O–H groups in total. The molecule has 24 heavy (non-hydrogen) atoms. The van der Waals surface area contributed by atoms with Crippen LogP contribution in [-0.2, 0) is 20.9 Å². The molecule has 0 bridgehead atoms. The number of aromatic nitrogens is 2. The molecule has 7 heteroatoms. The number of amides is 1. The molecule has 2 fully saturated rings. The van der Waals surface area contributed by atoms with Gasteiger partial charge in [-0.15, -0.1) is 0 Å². The van der Waals surface area contributed by atoms with Gasteiger partial charge in [-0.05, 0) is 37.7 Å². The Balaban J connectivity index is 1.47. The van der Waals surface area contributed by atoms with E-state index in [0.29, 0.717) is 25.6 Å². The number of ether oxygens (including phenoxy) is 1. The first-order valence-electron chi connectivity index (χ1n) is 9.08. The Bertz CT molecular complexity index is 564. The minimum absolute atomic E-state index is 0.0383. The quantitative estimate of drug-likeness (QED) is 0.832. The summed E-state index contributed by atoms with van der Waals surface area (Å²) in [5.74, 6) is 0.700. The molecule has 0 radical (unpaired) electrons. The molecular formula is C17H26N4O3. The third-order valence-corrected chi connectivity index (χ3v) is 5.26. The Kier molecular flexibility index (Phi) is 4.82. The largest absolute Gasteiger partial charge is 0.381 e. The fraction of sp³-hybridized carbons (Fsp3) is 0.765. The molecule has 7 nitrogen and oxygen atoms in total. The van der Waals surface area contributed by atoms with Crippen LogP contribution in [0.4, 0.5) is 0 Å². The fourth-order valence-corrected chi connectivity index (χ4v) is 3.92. The van der Waals surface area contributed by atoms with Gasteiger partial charge in [0, 0.05) is 45.6 Å². The summed E-state index contributed by atoms with van der Waals surface area (Å²) in [7, 11) is 0. The van der Waals surface area contributed by atoms with E-state index >= 15 is 0 Å². The number of hydrogen-bond acceptors (Lipinski definition) is 5. The summed E-state index contributed by atoms with van der Waals surface area (Å²) in [5, 5.41) is 5.96. The van der Waals surface area contributed by atoms with E-state index in [1.54, 1.807) is 11.3 Å². The van der Waals surface area contributed by atoms with E-state index in [9.17, 15) is 4.79 Å². The molecule has 0 aromatic carbocycles. The van der Waals surface area contributed by atoms with Gasteiger partial charge in [0.25, 0.3) is 5.91 Å². The molecule has 1 amide bonds. The Morgan fingerprint density at radius 1 is 1.25 bits per heavy atom. The SMILES string of the molecule is O=C(C1CN(CC2CCOCC2)Cc2ccnn21)N1CCCCO1. The molecule has 1 unspecified atom stereocenters. The first-order chi connectivity index (χ1) is 11.8. The van der Waals surface area contributed by atoms with E-state index in [1.165, 1.54) is 0 Å². The van der Waals surface area contributed by atoms with Gasteiger partial charge in [-0.1, -0.05) is 0 Å². The van der Waals surface area contributed by atoms with Gasteiger partial charge in [0.15, 0.2) is 0 Å². The van der Waals surface area contributed by atoms with Gasteiger partial charge in [0.05, 0.1) is 12.3 Å². The van der Waals surface area contributed by atoms with E-state index in [4.69, 9.17) is 9.57 Å². The molecule has 1 aromatic rings. The Labute approximate surface area is 142 Å². The highest BCUT2D eigenvalue weighted by molar-refractivity contribution is 5.80. The standard InChI is InChI=1S/C17H26N4O3/c22-17(20-7-1-2-8-24-20)16-13-19(11-14-4-9-23-10-5-14)12-15-3-6-18-21(15)16/h3,6,14,16H,1-2,4-5,7-13H2. The van der Waals surface area contributed by atoms with Gasteiger partial charge in [-0.3, -0.25) is 19.2 Å². The summed E-state index contributed by atoms with van der Waals surface area (Å²) in [6.07, 6.45) is 6.06. The zero-order chi connectivity index (χ0) is 16.4. The molecule has 1 atom stereocenters. The summed E-state index contributed by atoms with van der Waals surface area (Å²) in [6.45, 7) is 5.65. The van der Waals surface area contributed by atoms with Crippen molar-refractivity contribution >= 4 is 5.91 Å². The van der Waals surface area contributed by atoms with Crippen LogP contribution in [0.2, 0.25) is 0 Å². The van der Waals surface area contributed by atoms with Gasteiger partial charge in [0.1, 0.15) is 6.04 Å². The first kappa shape index (κ1) is 16.1. The van der Waals surface area contributed by atoms with Crippen molar-refractivity contribution in [1.29, 1.82) is 0 Å². The number of rotatable bonds is 3. The number of carbonyl (C=O) groups is 1. The fourth-order valence-electron chi connectivity index (χ4n) is 3.92. The third kappa shape index (κ3) is 3.34. The van der Waals surface area contributed by atoms with Crippen LogP contribution in [0, 0.1) is 5.92 Å². The maximum absolute atomic E-state index is 12.9. The lowest BCUT2D eigenvalue weighted by Crippen LogP contribution is -2.48. The summed E-state index contributed by atoms with van der Waals surface area (Å²) >= 11 is 0. The lowest BCUT2D eigenvalue weighted by Gasteiger charge is -2.38. The Morgan fingerprint density at radius 3 is 2.92 bits per heavy atom. The van der Waals surface area contributed by atoms with Crippen LogP contribution in [0.5, 0.6) is 0 Å². The predicted octanol–water partition coefficient (Wildman–Crippen LogP) is 1.22. The lowest BCUT2D eigenvalue weighted by molar-refractivity contribution is -0.201. The number of fused-ring (bicyclic) bond motifs is 1. The van der Waals surface area contributed by atoms with Gasteiger partial charge in [-0.25, -0.2) is 5.06 Å². The topological polar surface area (TPSA) is 59.8 Å². The molecule has 4 heterocycles. The van der Waals surface area contributed by atoms with Crippen LogP contribution >= 0.6 is 0 Å². The molecule has 3 aliphatic rings. The second-order valence-electron chi connectivity index (χ2n) is 7.01. The average molecular weight is 334 g/mol. The Hall–Kier alpha value is -1.44. The smallest absolute Gasteiger partial charge is 0.272 e. The Morgan fingerprint density at radius 2 is 2.12 bits per heavy atom. The van der Waals surface area contributed by atoms with Crippen LogP contribution < -0.4 is 0 Å². The zero-order valence-electron chi connectivity index (χ0n) is 14.1. The van der Waals surface area contributed by atoms with E-state index in [2.05, 4.69) is 10.00 Å². The number of nitrogens with zero attached hydrogens (tertiary/aromatic N) is 4. The van der Waals surface area contributed by atoms with Gasteiger partial charge in [-0.2, -0.15) is 5.10 Å². The molecule has 1 aromatic heterocycles. The maximum Gasteiger partial charge on any atom is 0.272 e. The van der Waals surface area contributed by atoms with Gasteiger partial charge < -0.3 is 4.74 Å². The summed E-state index contributed by atoms with van der Waals surface area (Å²) < 4.78 is 7.35. The molecule has 0 aliphatic carbocycles. The van der Waals surface area contributed by atoms with Crippen molar-refractivity contribution in [3.63, 3.8) is 0 Å². The average Bonchev–Trinajstić information content (AvgIpc) is 3.10. The highest BCUT2D eigenvalue weighted by Gasteiger charge is 2.35. The van der Waals surface area contributed by atoms with Crippen LogP contribution in [-0.4, -0.2) is 65.1 Å². The first-order valence-corrected chi connectivity index (χ1v) is 9.08. The van der Waals surface area contributed by atoms with E-state index in [0.717, 1.165) is 57.7 Å². The maximum atomic E-state index is 12.9. The monoisotopic (exact) mass is 334 g/mol. The van der Waals surface area contributed by atoms with Crippen molar-refractivity contribution in [1.82, 2.24) is 19.7 Å². The van der Waals surface area contributed by atoms with Crippen molar-refractivity contribution in [2.75, 3.05) is 39.5 Å². The highest BCUT2D eigenvalue weighted by Crippen LogP contribution is 2.26. The minimum Gasteiger partial charge on any atom is -0.381 e. The van der Waals surface area contributed by atoms with Gasteiger partial charge >= 0.3 is 0 Å². The molecule has 3 aliphatic heterocycles. The van der Waals surface area contributed by atoms with E-state index in [1.807, 2.05) is 10.7 Å². The number of carbonyl (C=O) groups excluding carboxylic acids is 1. The van der Waals surface area contributed by atoms with Crippen molar-refractivity contribution in [2.45, 2.75) is 38.3 Å². The molecule has 132 valence electrons. The van der Waals surface area contributed by atoms with Gasteiger partial charge in [0.2, 0.25) is 0 Å². The molecule has 2 saturated heterocycles. The lowest BCUT2D eigenvalue weighted by atomic mass is 9.98. The van der Waals surface area contributed by atoms with Crippen molar-refractivity contribution in [3.8, 4) is 0 Å². The summed E-state index contributed by atoms with van der Waals surface area (Å²) in [6, 6.07) is 1.75. The molecule has 0 spiro atoms. The second-order valence-corrected chi connectivity index (χ2v) is 7.01. The van der Waals surface area contributed by atoms with Crippen LogP contribution in [0.25, 0.3) is 0 Å². The summed E-state index contributed by atoms with van der Waals surface area (Å²) in [4.78, 5) is 20.9. The van der Waals surface area contributed by atoms with Crippen molar-refractivity contribution in [2.24, 2.45) is 5.92 Å². The van der Waals surface area contributed by atoms with E-state index in [-0.39, 0.29) is 11.9 Å². The molecule has 0 saturated carbocycles. The van der Waals surface area contributed by atoms with Crippen molar-refractivity contribution in [3.05, 3.63) is 18.0 Å². The van der Waals surface area contributed by atoms with Crippen LogP contribution in [0.1, 0.15) is 37.4 Å².